The first-order valence-corrected chi connectivity index (χ1v) is 11.3. The maximum atomic E-state index is 14.3. The highest BCUT2D eigenvalue weighted by Crippen LogP contribution is 2.29. The molecule has 0 radical (unpaired) electrons. The molecule has 1 saturated heterocycles. The van der Waals surface area contributed by atoms with Crippen LogP contribution in [0.1, 0.15) is 24.7 Å². The van der Waals surface area contributed by atoms with Gasteiger partial charge in [0.25, 0.3) is 0 Å². The molecular formula is C23H25Cl2FN4O. The Kier molecular flexibility index (Phi) is 6.80. The summed E-state index contributed by atoms with van der Waals surface area (Å²) >= 11 is 12.4. The van der Waals surface area contributed by atoms with Crippen LogP contribution in [0, 0.1) is 5.82 Å². The fourth-order valence-corrected chi connectivity index (χ4v) is 4.36. The van der Waals surface area contributed by atoms with Gasteiger partial charge in [0.05, 0.1) is 21.1 Å². The van der Waals surface area contributed by atoms with Gasteiger partial charge in [-0.1, -0.05) is 48.3 Å². The molecule has 31 heavy (non-hydrogen) atoms. The third-order valence-corrected chi connectivity index (χ3v) is 6.62. The normalized spacial score (nSPS) is 15.0. The lowest BCUT2D eigenvalue weighted by Crippen LogP contribution is -2.48. The van der Waals surface area contributed by atoms with E-state index in [1.165, 1.54) is 6.07 Å². The molecule has 2 aromatic carbocycles. The zero-order valence-corrected chi connectivity index (χ0v) is 19.0. The summed E-state index contributed by atoms with van der Waals surface area (Å²) in [5.41, 5.74) is 2.03. The Balaban J connectivity index is 1.58. The summed E-state index contributed by atoms with van der Waals surface area (Å²) in [4.78, 5) is 21.8. The molecule has 0 unspecified atom stereocenters. The number of hydrogen-bond acceptors (Lipinski definition) is 3. The molecule has 0 bridgehead atoms. The van der Waals surface area contributed by atoms with Crippen LogP contribution in [-0.4, -0.2) is 58.0 Å². The first kappa shape index (κ1) is 22.1. The Bertz CT molecular complexity index is 1090. The maximum Gasteiger partial charge on any atom is 0.224 e. The van der Waals surface area contributed by atoms with Gasteiger partial charge in [-0.15, -0.1) is 0 Å². The topological polar surface area (TPSA) is 41.4 Å². The molecule has 0 spiro atoms. The monoisotopic (exact) mass is 462 g/mol. The third kappa shape index (κ3) is 4.86. The van der Waals surface area contributed by atoms with Gasteiger partial charge in [-0.2, -0.15) is 0 Å². The van der Waals surface area contributed by atoms with Crippen LogP contribution < -0.4 is 0 Å². The van der Waals surface area contributed by atoms with Crippen LogP contribution in [0.15, 0.2) is 36.4 Å². The number of piperazine rings is 1. The van der Waals surface area contributed by atoms with Crippen molar-refractivity contribution in [1.82, 2.24) is 19.4 Å². The van der Waals surface area contributed by atoms with E-state index >= 15 is 0 Å². The van der Waals surface area contributed by atoms with Crippen molar-refractivity contribution in [1.29, 1.82) is 0 Å². The lowest BCUT2D eigenvalue weighted by Gasteiger charge is -2.34. The van der Waals surface area contributed by atoms with E-state index in [-0.39, 0.29) is 11.7 Å². The Hall–Kier alpha value is -2.15. The Morgan fingerprint density at radius 3 is 2.52 bits per heavy atom. The van der Waals surface area contributed by atoms with Crippen LogP contribution in [-0.2, 0) is 17.8 Å². The van der Waals surface area contributed by atoms with Crippen molar-refractivity contribution in [2.75, 3.05) is 32.7 Å². The Morgan fingerprint density at radius 2 is 1.81 bits per heavy atom. The summed E-state index contributed by atoms with van der Waals surface area (Å²) in [5, 5.41) is 0.843. The molecule has 1 aromatic heterocycles. The molecule has 0 aliphatic carbocycles. The van der Waals surface area contributed by atoms with E-state index in [1.54, 1.807) is 30.3 Å². The van der Waals surface area contributed by atoms with Crippen LogP contribution in [0.3, 0.4) is 0 Å². The Morgan fingerprint density at radius 1 is 1.10 bits per heavy atom. The third-order valence-electron chi connectivity index (χ3n) is 5.90. The van der Waals surface area contributed by atoms with Crippen LogP contribution >= 0.6 is 23.2 Å². The molecule has 1 aliphatic rings. The lowest BCUT2D eigenvalue weighted by atomic mass is 10.1. The number of hydrogen-bond donors (Lipinski definition) is 0. The van der Waals surface area contributed by atoms with E-state index in [0.29, 0.717) is 46.3 Å². The van der Waals surface area contributed by atoms with E-state index < -0.39 is 0 Å². The van der Waals surface area contributed by atoms with Gasteiger partial charge >= 0.3 is 0 Å². The number of amides is 1. The van der Waals surface area contributed by atoms with Gasteiger partial charge in [0.1, 0.15) is 11.6 Å². The van der Waals surface area contributed by atoms with E-state index in [1.807, 2.05) is 9.47 Å². The molecule has 0 atom stereocenters. The molecule has 164 valence electrons. The number of aromatic nitrogens is 2. The van der Waals surface area contributed by atoms with Crippen LogP contribution in [0.5, 0.6) is 0 Å². The van der Waals surface area contributed by atoms with Gasteiger partial charge in [-0.25, -0.2) is 9.37 Å². The van der Waals surface area contributed by atoms with Crippen LogP contribution in [0.2, 0.25) is 10.0 Å². The summed E-state index contributed by atoms with van der Waals surface area (Å²) in [6, 6.07) is 10.1. The van der Waals surface area contributed by atoms with Crippen molar-refractivity contribution in [2.45, 2.75) is 26.3 Å². The number of benzene rings is 2. The standard InChI is InChI=1S/C23H25Cl2FN4O/c1-2-28-9-11-29(12-10-28)23(31)7-8-30-21-15-18(25)17(24)14-20(21)27-22(30)13-16-5-3-4-6-19(16)26/h3-6,14-15H,2,7-13H2,1H3. The van der Waals surface area contributed by atoms with E-state index in [2.05, 4.69) is 16.8 Å². The molecule has 4 rings (SSSR count). The minimum Gasteiger partial charge on any atom is -0.340 e. The first-order valence-electron chi connectivity index (χ1n) is 10.5. The lowest BCUT2D eigenvalue weighted by molar-refractivity contribution is -0.133. The van der Waals surface area contributed by atoms with Crippen molar-refractivity contribution in [3.05, 3.63) is 63.6 Å². The molecule has 0 N–H and O–H groups in total. The van der Waals surface area contributed by atoms with Crippen LogP contribution in [0.25, 0.3) is 11.0 Å². The number of carbonyl (C=O) groups excluding carboxylic acids is 1. The van der Waals surface area contributed by atoms with Crippen molar-refractivity contribution >= 4 is 40.1 Å². The molecule has 1 amide bonds. The number of halogens is 3. The fourth-order valence-electron chi connectivity index (χ4n) is 4.05. The van der Waals surface area contributed by atoms with E-state index in [0.717, 1.165) is 38.2 Å². The number of imidazole rings is 1. The largest absolute Gasteiger partial charge is 0.340 e. The minimum absolute atomic E-state index is 0.120. The number of carbonyl (C=O) groups is 1. The highest BCUT2D eigenvalue weighted by atomic mass is 35.5. The van der Waals surface area contributed by atoms with Gasteiger partial charge in [0.15, 0.2) is 0 Å². The highest BCUT2D eigenvalue weighted by molar-refractivity contribution is 6.42. The zero-order valence-electron chi connectivity index (χ0n) is 17.5. The number of nitrogens with zero attached hydrogens (tertiary/aromatic N) is 4. The van der Waals surface area contributed by atoms with Crippen LogP contribution in [0.4, 0.5) is 4.39 Å². The van der Waals surface area contributed by atoms with Crippen molar-refractivity contribution in [3.63, 3.8) is 0 Å². The second-order valence-corrected chi connectivity index (χ2v) is 8.58. The average Bonchev–Trinajstić information content (AvgIpc) is 3.09. The number of likely N-dealkylation sites (N-methyl/N-ethyl adjacent to an activating group) is 1. The summed E-state index contributed by atoms with van der Waals surface area (Å²) in [7, 11) is 0. The molecule has 0 saturated carbocycles. The number of aryl methyl sites for hydroxylation is 1. The minimum atomic E-state index is -0.276. The molecule has 1 aliphatic heterocycles. The number of fused-ring (bicyclic) bond motifs is 1. The van der Waals surface area contributed by atoms with E-state index in [9.17, 15) is 9.18 Å². The van der Waals surface area contributed by atoms with Crippen molar-refractivity contribution in [2.24, 2.45) is 0 Å². The highest BCUT2D eigenvalue weighted by Gasteiger charge is 2.21. The van der Waals surface area contributed by atoms with Crippen molar-refractivity contribution < 1.29 is 9.18 Å². The second-order valence-electron chi connectivity index (χ2n) is 7.77. The van der Waals surface area contributed by atoms with E-state index in [4.69, 9.17) is 23.2 Å². The van der Waals surface area contributed by atoms with Gasteiger partial charge in [0.2, 0.25) is 5.91 Å². The van der Waals surface area contributed by atoms with Gasteiger partial charge in [0, 0.05) is 45.6 Å². The first-order chi connectivity index (χ1) is 15.0. The number of rotatable bonds is 6. The molecule has 5 nitrogen and oxygen atoms in total. The SMILES string of the molecule is CCN1CCN(C(=O)CCn2c(Cc3ccccc3F)nc3cc(Cl)c(Cl)cc32)CC1. The average molecular weight is 463 g/mol. The zero-order chi connectivity index (χ0) is 22.0. The summed E-state index contributed by atoms with van der Waals surface area (Å²) < 4.78 is 16.2. The maximum absolute atomic E-state index is 14.3. The molecule has 2 heterocycles. The van der Waals surface area contributed by atoms with Gasteiger partial charge < -0.3 is 14.4 Å². The summed E-state index contributed by atoms with van der Waals surface area (Å²) in [5.74, 6) is 0.526. The Labute approximate surface area is 191 Å². The van der Waals surface area contributed by atoms with Gasteiger partial charge in [-0.3, -0.25) is 4.79 Å². The predicted molar refractivity (Wildman–Crippen MR) is 122 cm³/mol. The van der Waals surface area contributed by atoms with Gasteiger partial charge in [-0.05, 0) is 30.3 Å². The summed E-state index contributed by atoms with van der Waals surface area (Å²) in [6.45, 7) is 6.90. The molecular weight excluding hydrogens is 438 g/mol. The summed E-state index contributed by atoms with van der Waals surface area (Å²) in [6.07, 6.45) is 0.669. The quantitative estimate of drug-likeness (QED) is 0.536. The van der Waals surface area contributed by atoms with Crippen molar-refractivity contribution in [3.8, 4) is 0 Å². The molecule has 8 heteroatoms. The second kappa shape index (κ2) is 9.55. The molecule has 3 aromatic rings. The smallest absolute Gasteiger partial charge is 0.224 e. The fraction of sp³-hybridized carbons (Fsp3) is 0.391. The predicted octanol–water partition coefficient (Wildman–Crippen LogP) is 4.63. The molecule has 1 fully saturated rings.